The molecule has 6 nitrogen and oxygen atoms in total. The fraction of sp³-hybridized carbons (Fsp3) is 0.481. The molecule has 0 spiro atoms. The van der Waals surface area contributed by atoms with Crippen molar-refractivity contribution in [3.63, 3.8) is 0 Å². The standard InChI is InChI=1S/C17H22O5.C10H12BrClO/c1-3-20-15(18)17(16(19)21-4-2)10-14(11-17)22-12-13-8-6-5-7-9-13;11-6-10(7-12)13-8-9-4-2-1-3-5-9/h5-9,14H,3-4,10-12H2,1-2H3;1-5,10H,6-8H2. The van der Waals surface area contributed by atoms with E-state index in [-0.39, 0.29) is 25.4 Å². The van der Waals surface area contributed by atoms with Gasteiger partial charge in [-0.3, -0.25) is 9.59 Å². The molecular weight excluding hydrogens is 536 g/mol. The van der Waals surface area contributed by atoms with E-state index in [1.807, 2.05) is 60.7 Å². The molecule has 0 bridgehead atoms. The van der Waals surface area contributed by atoms with Crippen molar-refractivity contribution in [3.05, 3.63) is 71.8 Å². The van der Waals surface area contributed by atoms with Gasteiger partial charge in [0.25, 0.3) is 0 Å². The lowest BCUT2D eigenvalue weighted by Crippen LogP contribution is -2.54. The lowest BCUT2D eigenvalue weighted by atomic mass is 9.66. The van der Waals surface area contributed by atoms with Crippen LogP contribution >= 0.6 is 27.5 Å². The molecule has 3 rings (SSSR count). The summed E-state index contributed by atoms with van der Waals surface area (Å²) in [6.45, 7) is 5.03. The number of rotatable bonds is 12. The SMILES string of the molecule is CCOC(=O)C1(C(=O)OCC)CC(OCc2ccccc2)C1.ClCC(CBr)OCc1ccccc1. The Kier molecular flexibility index (Phi) is 13.3. The third kappa shape index (κ3) is 9.22. The third-order valence-corrected chi connectivity index (χ3v) is 6.55. The Bertz CT molecular complexity index is 850. The van der Waals surface area contributed by atoms with Crippen LogP contribution in [-0.4, -0.2) is 48.6 Å². The second-order valence-corrected chi connectivity index (χ2v) is 9.03. The number of halogens is 2. The Morgan fingerprint density at radius 2 is 1.40 bits per heavy atom. The van der Waals surface area contributed by atoms with Crippen molar-refractivity contribution >= 4 is 39.5 Å². The zero-order valence-corrected chi connectivity index (χ0v) is 22.6. The van der Waals surface area contributed by atoms with E-state index in [0.29, 0.717) is 31.9 Å². The number of hydrogen-bond acceptors (Lipinski definition) is 6. The van der Waals surface area contributed by atoms with E-state index in [1.54, 1.807) is 13.8 Å². The van der Waals surface area contributed by atoms with Gasteiger partial charge in [-0.1, -0.05) is 76.6 Å². The molecule has 0 aliphatic heterocycles. The van der Waals surface area contributed by atoms with Gasteiger partial charge < -0.3 is 18.9 Å². The molecule has 0 amide bonds. The molecule has 1 saturated carbocycles. The number of benzene rings is 2. The Balaban J connectivity index is 0.000000283. The first kappa shape index (κ1) is 29.3. The smallest absolute Gasteiger partial charge is 0.323 e. The van der Waals surface area contributed by atoms with Crippen molar-refractivity contribution in [3.8, 4) is 0 Å². The van der Waals surface area contributed by atoms with Crippen LogP contribution in [-0.2, 0) is 41.8 Å². The molecule has 2 aromatic rings. The predicted octanol–water partition coefficient (Wildman–Crippen LogP) is 5.68. The van der Waals surface area contributed by atoms with Gasteiger partial charge in [-0.05, 0) is 25.0 Å². The summed E-state index contributed by atoms with van der Waals surface area (Å²) in [6, 6.07) is 19.9. The highest BCUT2D eigenvalue weighted by molar-refractivity contribution is 9.09. The van der Waals surface area contributed by atoms with Crippen LogP contribution < -0.4 is 0 Å². The van der Waals surface area contributed by atoms with Crippen LogP contribution in [0.2, 0.25) is 0 Å². The summed E-state index contributed by atoms with van der Waals surface area (Å²) in [4.78, 5) is 24.2. The Labute approximate surface area is 221 Å². The first-order valence-corrected chi connectivity index (χ1v) is 13.4. The molecule has 0 N–H and O–H groups in total. The summed E-state index contributed by atoms with van der Waals surface area (Å²) in [5, 5.41) is 0.781. The van der Waals surface area contributed by atoms with Gasteiger partial charge in [0.15, 0.2) is 5.41 Å². The van der Waals surface area contributed by atoms with E-state index in [2.05, 4.69) is 15.9 Å². The highest BCUT2D eigenvalue weighted by atomic mass is 79.9. The van der Waals surface area contributed by atoms with Gasteiger partial charge in [0.1, 0.15) is 0 Å². The van der Waals surface area contributed by atoms with Crippen LogP contribution in [0, 0.1) is 5.41 Å². The fourth-order valence-corrected chi connectivity index (χ4v) is 4.38. The topological polar surface area (TPSA) is 71.1 Å². The average molecular weight is 570 g/mol. The summed E-state index contributed by atoms with van der Waals surface area (Å²) in [5.74, 6) is -0.487. The predicted molar refractivity (Wildman–Crippen MR) is 139 cm³/mol. The first-order valence-electron chi connectivity index (χ1n) is 11.8. The van der Waals surface area contributed by atoms with E-state index in [0.717, 1.165) is 10.9 Å². The quantitative estimate of drug-likeness (QED) is 0.186. The largest absolute Gasteiger partial charge is 0.465 e. The Hall–Kier alpha value is -1.93. The highest BCUT2D eigenvalue weighted by Crippen LogP contribution is 2.45. The van der Waals surface area contributed by atoms with Crippen LogP contribution in [0.25, 0.3) is 0 Å². The number of carbonyl (C=O) groups excluding carboxylic acids is 2. The Morgan fingerprint density at radius 1 is 0.914 bits per heavy atom. The van der Waals surface area contributed by atoms with Gasteiger partial charge in [-0.15, -0.1) is 11.6 Å². The molecule has 192 valence electrons. The van der Waals surface area contributed by atoms with Gasteiger partial charge in [0.05, 0.1) is 38.6 Å². The fourth-order valence-electron chi connectivity index (χ4n) is 3.50. The number of hydrogen-bond donors (Lipinski definition) is 0. The van der Waals surface area contributed by atoms with E-state index in [4.69, 9.17) is 30.5 Å². The lowest BCUT2D eigenvalue weighted by molar-refractivity contribution is -0.192. The molecule has 0 heterocycles. The number of alkyl halides is 2. The second kappa shape index (κ2) is 15.9. The zero-order valence-electron chi connectivity index (χ0n) is 20.3. The summed E-state index contributed by atoms with van der Waals surface area (Å²) >= 11 is 9.02. The average Bonchev–Trinajstić information content (AvgIpc) is 2.86. The third-order valence-electron chi connectivity index (χ3n) is 5.49. The summed E-state index contributed by atoms with van der Waals surface area (Å²) in [6.07, 6.45) is 0.602. The van der Waals surface area contributed by atoms with Crippen LogP contribution in [0.4, 0.5) is 0 Å². The molecule has 1 unspecified atom stereocenters. The van der Waals surface area contributed by atoms with E-state index in [9.17, 15) is 9.59 Å². The van der Waals surface area contributed by atoms with Crippen molar-refractivity contribution in [1.82, 2.24) is 0 Å². The monoisotopic (exact) mass is 568 g/mol. The van der Waals surface area contributed by atoms with Gasteiger partial charge >= 0.3 is 11.9 Å². The van der Waals surface area contributed by atoms with Crippen LogP contribution in [0.5, 0.6) is 0 Å². The van der Waals surface area contributed by atoms with Gasteiger partial charge in [0.2, 0.25) is 0 Å². The Morgan fingerprint density at radius 3 is 1.83 bits per heavy atom. The van der Waals surface area contributed by atoms with Crippen molar-refractivity contribution in [2.24, 2.45) is 5.41 Å². The molecule has 1 aliphatic rings. The molecule has 1 aliphatic carbocycles. The molecule has 1 fully saturated rings. The van der Waals surface area contributed by atoms with Crippen molar-refractivity contribution < 1.29 is 28.5 Å². The van der Waals surface area contributed by atoms with E-state index in [1.165, 1.54) is 5.56 Å². The summed E-state index contributed by atoms with van der Waals surface area (Å²) in [5.41, 5.74) is 1.05. The molecular formula is C27H34BrClO6. The van der Waals surface area contributed by atoms with E-state index >= 15 is 0 Å². The highest BCUT2D eigenvalue weighted by Gasteiger charge is 2.59. The molecule has 2 aromatic carbocycles. The van der Waals surface area contributed by atoms with Crippen LogP contribution in [0.15, 0.2) is 60.7 Å². The minimum absolute atomic E-state index is 0.0990. The second-order valence-electron chi connectivity index (χ2n) is 8.08. The van der Waals surface area contributed by atoms with Gasteiger partial charge in [-0.25, -0.2) is 0 Å². The maximum absolute atomic E-state index is 12.1. The molecule has 0 aromatic heterocycles. The van der Waals surface area contributed by atoms with E-state index < -0.39 is 17.4 Å². The zero-order chi connectivity index (χ0) is 25.5. The van der Waals surface area contributed by atoms with Gasteiger partial charge in [0, 0.05) is 24.1 Å². The van der Waals surface area contributed by atoms with Crippen molar-refractivity contribution in [1.29, 1.82) is 0 Å². The van der Waals surface area contributed by atoms with Crippen molar-refractivity contribution in [2.45, 2.75) is 52.1 Å². The minimum Gasteiger partial charge on any atom is -0.465 e. The molecule has 0 saturated heterocycles. The first-order chi connectivity index (χ1) is 17.0. The molecule has 8 heteroatoms. The summed E-state index contributed by atoms with van der Waals surface area (Å²) < 4.78 is 21.4. The minimum atomic E-state index is -1.19. The molecule has 35 heavy (non-hydrogen) atoms. The normalized spacial score (nSPS) is 15.2. The number of ether oxygens (including phenoxy) is 4. The lowest BCUT2D eigenvalue weighted by Gasteiger charge is -2.42. The number of carbonyl (C=O) groups is 2. The molecule has 0 radical (unpaired) electrons. The maximum Gasteiger partial charge on any atom is 0.323 e. The van der Waals surface area contributed by atoms with Gasteiger partial charge in [-0.2, -0.15) is 0 Å². The number of esters is 2. The molecule has 1 atom stereocenters. The maximum atomic E-state index is 12.1. The summed E-state index contributed by atoms with van der Waals surface area (Å²) in [7, 11) is 0. The van der Waals surface area contributed by atoms with Crippen LogP contribution in [0.1, 0.15) is 37.8 Å². The van der Waals surface area contributed by atoms with Crippen molar-refractivity contribution in [2.75, 3.05) is 24.4 Å². The van der Waals surface area contributed by atoms with Crippen LogP contribution in [0.3, 0.4) is 0 Å².